The van der Waals surface area contributed by atoms with Crippen LogP contribution in [0.1, 0.15) is 54.9 Å². The third-order valence-corrected chi connectivity index (χ3v) is 5.17. The van der Waals surface area contributed by atoms with E-state index in [0.717, 1.165) is 0 Å². The first kappa shape index (κ1) is 24.7. The number of hydrazone groups is 1. The van der Waals surface area contributed by atoms with E-state index in [9.17, 15) is 9.90 Å². The predicted molar refractivity (Wildman–Crippen MR) is 119 cm³/mol. The number of allylic oxidation sites excluding steroid dienone is 4. The van der Waals surface area contributed by atoms with Gasteiger partial charge in [-0.1, -0.05) is 35.5 Å². The third kappa shape index (κ3) is 6.45. The van der Waals surface area contributed by atoms with Crippen LogP contribution in [-0.2, 0) is 15.9 Å². The Bertz CT molecular complexity index is 882. The van der Waals surface area contributed by atoms with Crippen LogP contribution >= 0.6 is 11.6 Å². The van der Waals surface area contributed by atoms with Crippen molar-refractivity contribution < 1.29 is 23.9 Å². The van der Waals surface area contributed by atoms with Gasteiger partial charge in [0.15, 0.2) is 5.76 Å². The maximum atomic E-state index is 12.5. The highest BCUT2D eigenvalue weighted by molar-refractivity contribution is 6.31. The highest BCUT2D eigenvalue weighted by atomic mass is 35.5. The molecular formula is C22H30ClN3O5. The summed E-state index contributed by atoms with van der Waals surface area (Å²) in [5.41, 5.74) is -0.0216. The van der Waals surface area contributed by atoms with Crippen LogP contribution in [-0.4, -0.2) is 59.9 Å². The molecule has 8 nitrogen and oxygen atoms in total. The second kappa shape index (κ2) is 10.6. The van der Waals surface area contributed by atoms with Gasteiger partial charge in [0.25, 0.3) is 0 Å². The molecule has 1 aromatic heterocycles. The predicted octanol–water partition coefficient (Wildman–Crippen LogP) is 3.78. The Kier molecular flexibility index (Phi) is 8.47. The van der Waals surface area contributed by atoms with Crippen molar-refractivity contribution in [2.24, 2.45) is 5.10 Å². The lowest BCUT2D eigenvalue weighted by Gasteiger charge is -2.26. The SMILES string of the molecule is C=C(Cl)/C(=C\C=C/Cc1noc(C2C=NN(CCC(C)(C)O)C2C)c1C(=O)OC)OC. The lowest BCUT2D eigenvalue weighted by molar-refractivity contribution is 0.0538. The van der Waals surface area contributed by atoms with Gasteiger partial charge in [0.05, 0.1) is 36.8 Å². The van der Waals surface area contributed by atoms with Crippen molar-refractivity contribution in [3.05, 3.63) is 52.6 Å². The minimum absolute atomic E-state index is 0.0657. The van der Waals surface area contributed by atoms with Gasteiger partial charge in [-0.15, -0.1) is 0 Å². The molecule has 9 heteroatoms. The van der Waals surface area contributed by atoms with E-state index in [-0.39, 0.29) is 17.0 Å². The molecule has 2 unspecified atom stereocenters. The Morgan fingerprint density at radius 3 is 2.71 bits per heavy atom. The van der Waals surface area contributed by atoms with Gasteiger partial charge < -0.3 is 19.1 Å². The summed E-state index contributed by atoms with van der Waals surface area (Å²) < 4.78 is 15.7. The minimum atomic E-state index is -0.788. The number of halogens is 1. The molecular weight excluding hydrogens is 422 g/mol. The van der Waals surface area contributed by atoms with Crippen LogP contribution in [0.3, 0.4) is 0 Å². The Labute approximate surface area is 187 Å². The van der Waals surface area contributed by atoms with Gasteiger partial charge in [-0.25, -0.2) is 4.79 Å². The van der Waals surface area contributed by atoms with E-state index in [1.54, 1.807) is 38.3 Å². The Morgan fingerprint density at radius 1 is 1.42 bits per heavy atom. The Morgan fingerprint density at radius 2 is 2.13 bits per heavy atom. The number of aromatic nitrogens is 1. The molecule has 0 saturated carbocycles. The number of nitrogens with zero attached hydrogens (tertiary/aromatic N) is 3. The first-order chi connectivity index (χ1) is 14.6. The molecule has 31 heavy (non-hydrogen) atoms. The van der Waals surface area contributed by atoms with E-state index in [1.807, 2.05) is 11.9 Å². The summed E-state index contributed by atoms with van der Waals surface area (Å²) in [6.45, 7) is 9.70. The maximum Gasteiger partial charge on any atom is 0.343 e. The fourth-order valence-corrected chi connectivity index (χ4v) is 3.28. The second-order valence-corrected chi connectivity index (χ2v) is 8.34. The number of ether oxygens (including phenoxy) is 2. The first-order valence-electron chi connectivity index (χ1n) is 9.94. The van der Waals surface area contributed by atoms with Crippen LogP contribution in [0.2, 0.25) is 0 Å². The molecule has 170 valence electrons. The molecule has 2 heterocycles. The van der Waals surface area contributed by atoms with Crippen molar-refractivity contribution in [3.8, 4) is 0 Å². The molecule has 0 amide bonds. The highest BCUT2D eigenvalue weighted by Gasteiger charge is 2.36. The van der Waals surface area contributed by atoms with Crippen LogP contribution in [0, 0.1) is 0 Å². The number of hydrogen-bond donors (Lipinski definition) is 1. The normalized spacial score (nSPS) is 19.3. The maximum absolute atomic E-state index is 12.5. The van der Waals surface area contributed by atoms with Gasteiger partial charge in [-0.05, 0) is 33.3 Å². The van der Waals surface area contributed by atoms with Crippen molar-refractivity contribution >= 4 is 23.8 Å². The molecule has 1 aromatic rings. The van der Waals surface area contributed by atoms with Crippen molar-refractivity contribution in [3.63, 3.8) is 0 Å². The standard InChI is InChI=1S/C22H30ClN3O5/c1-14(23)18(29-5)10-8-7-9-17-19(21(27)30-6)20(31-25-17)16-13-24-26(15(16)2)12-11-22(3,4)28/h7-8,10,13,15-16,28H,1,9,11-12H2,2-6H3/b8-7-,18-10+. The summed E-state index contributed by atoms with van der Waals surface area (Å²) in [5, 5.41) is 20.7. The van der Waals surface area contributed by atoms with E-state index >= 15 is 0 Å². The zero-order valence-corrected chi connectivity index (χ0v) is 19.3. The molecule has 0 aromatic carbocycles. The monoisotopic (exact) mass is 451 g/mol. The zero-order valence-electron chi connectivity index (χ0n) is 18.6. The molecule has 1 aliphatic rings. The van der Waals surface area contributed by atoms with Gasteiger partial charge in [-0.2, -0.15) is 5.10 Å². The number of hydrogen-bond acceptors (Lipinski definition) is 8. The molecule has 2 atom stereocenters. The summed E-state index contributed by atoms with van der Waals surface area (Å²) in [5.74, 6) is 0.0757. The largest absolute Gasteiger partial charge is 0.495 e. The van der Waals surface area contributed by atoms with Crippen molar-refractivity contribution in [1.29, 1.82) is 0 Å². The average Bonchev–Trinajstić information content (AvgIpc) is 3.28. The quantitative estimate of drug-likeness (QED) is 0.328. The van der Waals surface area contributed by atoms with Gasteiger partial charge in [0.1, 0.15) is 17.0 Å². The molecule has 0 saturated heterocycles. The minimum Gasteiger partial charge on any atom is -0.495 e. The highest BCUT2D eigenvalue weighted by Crippen LogP contribution is 2.32. The lowest BCUT2D eigenvalue weighted by Crippen LogP contribution is -2.33. The third-order valence-electron chi connectivity index (χ3n) is 4.98. The number of carbonyl (C=O) groups excluding carboxylic acids is 1. The smallest absolute Gasteiger partial charge is 0.343 e. The number of esters is 1. The molecule has 1 N–H and O–H groups in total. The van der Waals surface area contributed by atoms with E-state index in [0.29, 0.717) is 42.2 Å². The van der Waals surface area contributed by atoms with E-state index in [1.165, 1.54) is 14.2 Å². The summed E-state index contributed by atoms with van der Waals surface area (Å²) in [4.78, 5) is 12.5. The van der Waals surface area contributed by atoms with Gasteiger partial charge >= 0.3 is 5.97 Å². The van der Waals surface area contributed by atoms with Crippen molar-refractivity contribution in [2.45, 2.75) is 51.2 Å². The fraction of sp³-hybridized carbons (Fsp3) is 0.500. The zero-order chi connectivity index (χ0) is 23.2. The topological polar surface area (TPSA) is 97.4 Å². The average molecular weight is 452 g/mol. The lowest BCUT2D eigenvalue weighted by atomic mass is 9.95. The van der Waals surface area contributed by atoms with Gasteiger partial charge in [-0.3, -0.25) is 5.01 Å². The van der Waals surface area contributed by atoms with E-state index < -0.39 is 11.6 Å². The Balaban J connectivity index is 2.21. The van der Waals surface area contributed by atoms with E-state index in [4.69, 9.17) is 25.6 Å². The number of methoxy groups -OCH3 is 2. The summed E-state index contributed by atoms with van der Waals surface area (Å²) in [6.07, 6.45) is 7.84. The fourth-order valence-electron chi connectivity index (χ4n) is 3.14. The summed E-state index contributed by atoms with van der Waals surface area (Å²) in [6, 6.07) is -0.0657. The first-order valence-corrected chi connectivity index (χ1v) is 10.3. The van der Waals surface area contributed by atoms with Crippen LogP contribution in [0.4, 0.5) is 0 Å². The molecule has 0 bridgehead atoms. The van der Waals surface area contributed by atoms with Crippen LogP contribution in [0.5, 0.6) is 0 Å². The molecule has 0 aliphatic carbocycles. The molecule has 0 radical (unpaired) electrons. The van der Waals surface area contributed by atoms with Gasteiger partial charge in [0, 0.05) is 19.2 Å². The Hall–Kier alpha value is -2.58. The number of carbonyl (C=O) groups is 1. The molecule has 0 fully saturated rings. The second-order valence-electron chi connectivity index (χ2n) is 7.89. The molecule has 1 aliphatic heterocycles. The van der Waals surface area contributed by atoms with Crippen molar-refractivity contribution in [1.82, 2.24) is 10.2 Å². The van der Waals surface area contributed by atoms with E-state index in [2.05, 4.69) is 16.8 Å². The number of aliphatic hydroxyl groups is 1. The van der Waals surface area contributed by atoms with Crippen LogP contribution in [0.15, 0.2) is 45.2 Å². The van der Waals surface area contributed by atoms with Crippen LogP contribution in [0.25, 0.3) is 0 Å². The summed E-state index contributed by atoms with van der Waals surface area (Å²) >= 11 is 5.83. The molecule has 2 rings (SSSR count). The molecule has 0 spiro atoms. The number of rotatable bonds is 10. The summed E-state index contributed by atoms with van der Waals surface area (Å²) in [7, 11) is 2.82. The van der Waals surface area contributed by atoms with Crippen molar-refractivity contribution in [2.75, 3.05) is 20.8 Å². The van der Waals surface area contributed by atoms with Crippen LogP contribution < -0.4 is 0 Å². The van der Waals surface area contributed by atoms with Gasteiger partial charge in [0.2, 0.25) is 0 Å².